The molecule has 3 heterocycles. The zero-order valence-corrected chi connectivity index (χ0v) is 14.2. The molecule has 0 radical (unpaired) electrons. The van der Waals surface area contributed by atoms with Gasteiger partial charge in [0.2, 0.25) is 0 Å². The Balaban J connectivity index is 1.91. The molecule has 0 aromatic heterocycles. The van der Waals surface area contributed by atoms with Crippen molar-refractivity contribution in [2.75, 3.05) is 19.7 Å². The van der Waals surface area contributed by atoms with Crippen LogP contribution in [0.2, 0.25) is 0 Å². The number of carbonyl (C=O) groups excluding carboxylic acids is 2. The van der Waals surface area contributed by atoms with E-state index in [2.05, 4.69) is 4.90 Å². The van der Waals surface area contributed by atoms with E-state index in [1.165, 1.54) is 6.92 Å². The molecule has 3 aliphatic heterocycles. The molecule has 0 aromatic rings. The second-order valence-corrected chi connectivity index (χ2v) is 7.23. The van der Waals surface area contributed by atoms with Crippen LogP contribution in [0.1, 0.15) is 39.5 Å². The van der Waals surface area contributed by atoms with Crippen LogP contribution in [-0.4, -0.2) is 70.1 Å². The van der Waals surface area contributed by atoms with Crippen LogP contribution in [0, 0.1) is 0 Å². The van der Waals surface area contributed by atoms with Crippen LogP contribution in [-0.2, 0) is 19.1 Å². The van der Waals surface area contributed by atoms with Gasteiger partial charge in [-0.3, -0.25) is 4.90 Å². The second kappa shape index (κ2) is 6.13. The number of nitrogens with zero attached hydrogens (tertiary/aromatic N) is 1. The third-order valence-corrected chi connectivity index (χ3v) is 5.47. The van der Waals surface area contributed by atoms with Crippen LogP contribution in [0.25, 0.3) is 0 Å². The number of allylic oxidation sites excluding steroid dienone is 1. The first-order valence-electron chi connectivity index (χ1n) is 8.49. The van der Waals surface area contributed by atoms with Gasteiger partial charge in [-0.25, -0.2) is 9.59 Å². The molecule has 24 heavy (non-hydrogen) atoms. The average molecular weight is 339 g/mol. The Morgan fingerprint density at radius 3 is 2.71 bits per heavy atom. The minimum atomic E-state index is -1.71. The molecular weight excluding hydrogens is 314 g/mol. The van der Waals surface area contributed by atoms with Crippen molar-refractivity contribution in [3.63, 3.8) is 0 Å². The highest BCUT2D eigenvalue weighted by Crippen LogP contribution is 2.39. The van der Waals surface area contributed by atoms with E-state index in [0.717, 1.165) is 6.54 Å². The fourth-order valence-electron chi connectivity index (χ4n) is 3.93. The highest BCUT2D eigenvalue weighted by molar-refractivity contribution is 5.89. The summed E-state index contributed by atoms with van der Waals surface area (Å²) in [5.41, 5.74) is -2.55. The minimum Gasteiger partial charge on any atom is -0.460 e. The summed E-state index contributed by atoms with van der Waals surface area (Å²) in [6.07, 6.45) is 2.60. The van der Waals surface area contributed by atoms with Gasteiger partial charge in [0.1, 0.15) is 18.3 Å². The molecule has 3 rings (SSSR count). The Bertz CT molecular complexity index is 571. The van der Waals surface area contributed by atoms with Crippen LogP contribution in [0.15, 0.2) is 11.6 Å². The van der Waals surface area contributed by atoms with Gasteiger partial charge in [-0.05, 0) is 39.5 Å². The average Bonchev–Trinajstić information content (AvgIpc) is 3.07. The summed E-state index contributed by atoms with van der Waals surface area (Å²) in [7, 11) is 0. The normalized spacial score (nSPS) is 42.9. The molecule has 4 atom stereocenters. The van der Waals surface area contributed by atoms with Crippen molar-refractivity contribution in [2.45, 2.75) is 62.9 Å². The van der Waals surface area contributed by atoms with E-state index in [-0.39, 0.29) is 25.5 Å². The van der Waals surface area contributed by atoms with Crippen LogP contribution in [0.4, 0.5) is 0 Å². The molecule has 0 amide bonds. The van der Waals surface area contributed by atoms with E-state index in [1.807, 2.05) is 0 Å². The molecule has 134 valence electrons. The number of rotatable bonds is 0. The number of ether oxygens (including phenoxy) is 2. The Hall–Kier alpha value is -1.44. The van der Waals surface area contributed by atoms with Gasteiger partial charge >= 0.3 is 11.9 Å². The van der Waals surface area contributed by atoms with Crippen molar-refractivity contribution in [1.29, 1.82) is 0 Å². The molecule has 0 aromatic carbocycles. The SMILES string of the molecule is C/C=C1/CC[C@@](C)(O)C(=O)OC[C@@]2(O)CCN3CC[C@@H](OC1=O)[C@H]32. The lowest BCUT2D eigenvalue weighted by Crippen LogP contribution is -2.53. The number of hydrogen-bond donors (Lipinski definition) is 2. The molecule has 0 spiro atoms. The zero-order chi connectivity index (χ0) is 17.5. The van der Waals surface area contributed by atoms with Gasteiger partial charge in [0.15, 0.2) is 5.60 Å². The fourth-order valence-corrected chi connectivity index (χ4v) is 3.93. The summed E-state index contributed by atoms with van der Waals surface area (Å²) in [5, 5.41) is 21.3. The maximum absolute atomic E-state index is 12.4. The van der Waals surface area contributed by atoms with E-state index in [9.17, 15) is 19.8 Å². The monoisotopic (exact) mass is 339 g/mol. The van der Waals surface area contributed by atoms with Crippen molar-refractivity contribution in [3.8, 4) is 0 Å². The summed E-state index contributed by atoms with van der Waals surface area (Å²) >= 11 is 0. The van der Waals surface area contributed by atoms with Gasteiger partial charge in [0.25, 0.3) is 0 Å². The first-order chi connectivity index (χ1) is 11.3. The standard InChI is InChI=1S/C17H25NO6/c1-3-11-4-6-16(2,21)15(20)23-10-17(22)7-9-18-8-5-12(13(17)18)24-14(11)19/h3,12-13,21-22H,4-10H2,1-2H3/b11-3-/t12-,13+,16-,17+/m1/s1. The van der Waals surface area contributed by atoms with Crippen molar-refractivity contribution < 1.29 is 29.3 Å². The largest absolute Gasteiger partial charge is 0.460 e. The minimum absolute atomic E-state index is 0.0548. The number of cyclic esters (lactones) is 1. The van der Waals surface area contributed by atoms with Crippen molar-refractivity contribution in [2.24, 2.45) is 0 Å². The Morgan fingerprint density at radius 2 is 2.00 bits per heavy atom. The topological polar surface area (TPSA) is 96.3 Å². The molecule has 0 unspecified atom stereocenters. The van der Waals surface area contributed by atoms with E-state index < -0.39 is 29.2 Å². The van der Waals surface area contributed by atoms with E-state index >= 15 is 0 Å². The summed E-state index contributed by atoms with van der Waals surface area (Å²) in [6, 6.07) is -0.378. The first-order valence-corrected chi connectivity index (χ1v) is 8.49. The molecule has 3 fully saturated rings. The Kier molecular flexibility index (Phi) is 4.44. The number of carbonyl (C=O) groups is 2. The summed E-state index contributed by atoms with van der Waals surface area (Å²) in [6.45, 7) is 4.29. The molecule has 2 N–H and O–H groups in total. The molecular formula is C17H25NO6. The highest BCUT2D eigenvalue weighted by Gasteiger charge is 2.55. The summed E-state index contributed by atoms with van der Waals surface area (Å²) < 4.78 is 10.9. The lowest BCUT2D eigenvalue weighted by atomic mass is 9.91. The van der Waals surface area contributed by atoms with Crippen LogP contribution >= 0.6 is 0 Å². The van der Waals surface area contributed by atoms with E-state index in [4.69, 9.17) is 9.47 Å². The third kappa shape index (κ3) is 2.96. The zero-order valence-electron chi connectivity index (χ0n) is 14.2. The Morgan fingerprint density at radius 1 is 1.25 bits per heavy atom. The predicted molar refractivity (Wildman–Crippen MR) is 84.0 cm³/mol. The quantitative estimate of drug-likeness (QED) is 0.479. The molecule has 7 nitrogen and oxygen atoms in total. The second-order valence-electron chi connectivity index (χ2n) is 7.23. The highest BCUT2D eigenvalue weighted by atomic mass is 16.6. The van der Waals surface area contributed by atoms with Crippen LogP contribution in [0.3, 0.4) is 0 Å². The first kappa shape index (κ1) is 17.4. The number of aliphatic hydroxyl groups is 2. The smallest absolute Gasteiger partial charge is 0.337 e. The van der Waals surface area contributed by atoms with Crippen molar-refractivity contribution in [3.05, 3.63) is 11.6 Å². The summed E-state index contributed by atoms with van der Waals surface area (Å²) in [5.74, 6) is -1.21. The van der Waals surface area contributed by atoms with Crippen LogP contribution < -0.4 is 0 Å². The van der Waals surface area contributed by atoms with Gasteiger partial charge < -0.3 is 19.7 Å². The van der Waals surface area contributed by atoms with Crippen molar-refractivity contribution >= 4 is 11.9 Å². The lowest BCUT2D eigenvalue weighted by molar-refractivity contribution is -0.176. The number of esters is 2. The van der Waals surface area contributed by atoms with Crippen LogP contribution in [0.5, 0.6) is 0 Å². The molecule has 0 aliphatic carbocycles. The fraction of sp³-hybridized carbons (Fsp3) is 0.765. The molecule has 0 bridgehead atoms. The van der Waals surface area contributed by atoms with Gasteiger partial charge in [-0.2, -0.15) is 0 Å². The van der Waals surface area contributed by atoms with E-state index in [0.29, 0.717) is 25.0 Å². The lowest BCUT2D eigenvalue weighted by Gasteiger charge is -2.34. The Labute approximate surface area is 141 Å². The number of hydrogen-bond acceptors (Lipinski definition) is 7. The van der Waals surface area contributed by atoms with E-state index in [1.54, 1.807) is 13.0 Å². The predicted octanol–water partition coefficient (Wildman–Crippen LogP) is 0.142. The maximum Gasteiger partial charge on any atom is 0.337 e. The van der Waals surface area contributed by atoms with Gasteiger partial charge in [-0.1, -0.05) is 6.08 Å². The summed E-state index contributed by atoms with van der Waals surface area (Å²) in [4.78, 5) is 26.7. The van der Waals surface area contributed by atoms with Gasteiger partial charge in [0.05, 0.1) is 6.04 Å². The van der Waals surface area contributed by atoms with Crippen molar-refractivity contribution in [1.82, 2.24) is 4.90 Å². The molecule has 7 heteroatoms. The van der Waals surface area contributed by atoms with Gasteiger partial charge in [-0.15, -0.1) is 0 Å². The molecule has 0 saturated carbocycles. The molecule has 3 saturated heterocycles. The molecule has 3 aliphatic rings. The maximum atomic E-state index is 12.4. The third-order valence-electron chi connectivity index (χ3n) is 5.47. The van der Waals surface area contributed by atoms with Gasteiger partial charge in [0, 0.05) is 18.7 Å².